The zero-order valence-electron chi connectivity index (χ0n) is 12.5. The minimum Gasteiger partial charge on any atom is -0.871 e. The van der Waals surface area contributed by atoms with Crippen molar-refractivity contribution in [3.8, 4) is 17.2 Å². The number of carboxylic acids is 1. The van der Waals surface area contributed by atoms with Crippen LogP contribution in [0.15, 0.2) is 36.4 Å². The molecule has 0 aliphatic rings. The van der Waals surface area contributed by atoms with Crippen molar-refractivity contribution in [2.75, 3.05) is 0 Å². The van der Waals surface area contributed by atoms with Crippen molar-refractivity contribution in [1.82, 2.24) is 0 Å². The zero-order chi connectivity index (χ0) is 17.1. The molecule has 0 unspecified atom stereocenters. The third-order valence-corrected chi connectivity index (χ3v) is 6.10. The number of ether oxygens (including phenoxy) is 1. The number of benzene rings is 2. The number of alkyl halides is 1. The molecule has 3 N–H and O–H groups in total. The van der Waals surface area contributed by atoms with Gasteiger partial charge in [-0.2, -0.15) is 0 Å². The molecule has 0 radical (unpaired) electrons. The molecule has 24 heavy (non-hydrogen) atoms. The van der Waals surface area contributed by atoms with Crippen molar-refractivity contribution >= 4 is 73.7 Å². The van der Waals surface area contributed by atoms with Gasteiger partial charge in [0.15, 0.2) is 0 Å². The molecule has 0 aliphatic heterocycles. The number of nitrogens with two attached hydrogens (primary N) is 1. The summed E-state index contributed by atoms with van der Waals surface area (Å²) in [5.41, 5.74) is 6.44. The van der Waals surface area contributed by atoms with Gasteiger partial charge in [0.05, 0.1) is 3.92 Å². The second kappa shape index (κ2) is 10.1. The Morgan fingerprint density at radius 2 is 1.62 bits per heavy atom. The Bertz CT molecular complexity index is 704. The van der Waals surface area contributed by atoms with Crippen LogP contribution >= 0.6 is 67.8 Å². The van der Waals surface area contributed by atoms with Gasteiger partial charge in [0.2, 0.25) is 0 Å². The van der Waals surface area contributed by atoms with Crippen molar-refractivity contribution in [1.29, 1.82) is 0 Å². The number of carboxylic acid groups (broad SMARTS) is 1. The largest absolute Gasteiger partial charge is 1.00 e. The van der Waals surface area contributed by atoms with Crippen LogP contribution in [0.1, 0.15) is 9.49 Å². The van der Waals surface area contributed by atoms with E-state index in [1.165, 1.54) is 0 Å². The molecule has 0 spiro atoms. The van der Waals surface area contributed by atoms with E-state index in [0.29, 0.717) is 18.6 Å². The smallest absolute Gasteiger partial charge is 0.871 e. The van der Waals surface area contributed by atoms with Gasteiger partial charge in [-0.3, -0.25) is 4.79 Å². The number of aliphatic carboxylic acids is 1. The summed E-state index contributed by atoms with van der Waals surface area (Å²) in [5, 5.41) is 20.6. The summed E-state index contributed by atoms with van der Waals surface area (Å²) in [5.74, 6) is 0.141. The van der Waals surface area contributed by atoms with E-state index in [4.69, 9.17) is 15.6 Å². The summed E-state index contributed by atoms with van der Waals surface area (Å²) in [6, 6.07) is 9.47. The number of hydrogen-bond acceptors (Lipinski definition) is 4. The van der Waals surface area contributed by atoms with Crippen LogP contribution in [0, 0.1) is 7.14 Å². The first-order valence-electron chi connectivity index (χ1n) is 6.36. The van der Waals surface area contributed by atoms with Gasteiger partial charge in [0.25, 0.3) is 0 Å². The summed E-state index contributed by atoms with van der Waals surface area (Å²) in [7, 11) is 0. The molecule has 122 valence electrons. The number of halogens is 3. The van der Waals surface area contributed by atoms with Crippen molar-refractivity contribution in [2.24, 2.45) is 5.73 Å². The SMILES string of the molecule is N[C@H](C(=O)O)[C@@H](I)c1ccc(Oc2cc(I)c([O-])c(I)c2)cc1.[Na+]. The quantitative estimate of drug-likeness (QED) is 0.277. The van der Waals surface area contributed by atoms with Gasteiger partial charge in [0, 0.05) is 7.14 Å². The van der Waals surface area contributed by atoms with E-state index in [9.17, 15) is 9.90 Å². The molecule has 0 saturated heterocycles. The van der Waals surface area contributed by atoms with E-state index in [1.807, 2.05) is 67.8 Å². The number of hydrogen-bond donors (Lipinski definition) is 2. The monoisotopic (exact) mass is 673 g/mol. The molecule has 0 aromatic heterocycles. The first-order valence-corrected chi connectivity index (χ1v) is 9.76. The van der Waals surface area contributed by atoms with Gasteiger partial charge in [-0.15, -0.1) is 0 Å². The summed E-state index contributed by atoms with van der Waals surface area (Å²) in [6.07, 6.45) is 0. The van der Waals surface area contributed by atoms with Gasteiger partial charge < -0.3 is 20.7 Å². The molecule has 0 bridgehead atoms. The third kappa shape index (κ3) is 5.84. The average molecular weight is 673 g/mol. The van der Waals surface area contributed by atoms with Gasteiger partial charge in [-0.1, -0.05) is 40.5 Å². The van der Waals surface area contributed by atoms with Crippen LogP contribution < -0.4 is 45.1 Å². The van der Waals surface area contributed by atoms with Crippen LogP contribution in [0.25, 0.3) is 0 Å². The maximum absolute atomic E-state index is 11.7. The van der Waals surface area contributed by atoms with Crippen LogP contribution in [0.2, 0.25) is 0 Å². The van der Waals surface area contributed by atoms with Crippen molar-refractivity contribution in [3.63, 3.8) is 0 Å². The maximum Gasteiger partial charge on any atom is 1.00 e. The Hall–Kier alpha value is 0.660. The molecule has 2 atom stereocenters. The standard InChI is InChI=1S/C15H12I3NO4.Na/c16-10-5-9(6-11(17)14(10)20)23-8-3-1-7(2-4-8)12(18)13(19)15(21)22;/h1-6,12-13,20H,19H2,(H,21,22);/q;+1/p-1/t12-,13-;/m0./s1. The molecule has 2 aromatic carbocycles. The first-order chi connectivity index (χ1) is 10.8. The molecule has 9 heteroatoms. The first kappa shape index (κ1) is 22.7. The fourth-order valence-corrected chi connectivity index (χ4v) is 4.22. The van der Waals surface area contributed by atoms with E-state index >= 15 is 0 Å². The number of carbonyl (C=O) groups is 1. The van der Waals surface area contributed by atoms with E-state index in [2.05, 4.69) is 0 Å². The Kier molecular flexibility index (Phi) is 9.57. The predicted octanol–water partition coefficient (Wildman–Crippen LogP) is 0.654. The van der Waals surface area contributed by atoms with Gasteiger partial charge in [0.1, 0.15) is 17.5 Å². The van der Waals surface area contributed by atoms with Crippen molar-refractivity contribution < 1.29 is 49.3 Å². The van der Waals surface area contributed by atoms with E-state index < -0.39 is 12.0 Å². The van der Waals surface area contributed by atoms with E-state index in [-0.39, 0.29) is 39.2 Å². The van der Waals surface area contributed by atoms with Gasteiger partial charge >= 0.3 is 35.5 Å². The molecule has 2 rings (SSSR count). The molecule has 5 nitrogen and oxygen atoms in total. The van der Waals surface area contributed by atoms with E-state index in [1.54, 1.807) is 36.4 Å². The second-order valence-corrected chi connectivity index (χ2v) is 8.32. The molecular formula is C15H11I3NNaO4. The maximum atomic E-state index is 11.7. The topological polar surface area (TPSA) is 95.6 Å². The molecule has 0 amide bonds. The summed E-state index contributed by atoms with van der Waals surface area (Å²) < 4.78 is 6.60. The molecule has 2 aromatic rings. The van der Waals surface area contributed by atoms with Crippen LogP contribution in [0.4, 0.5) is 0 Å². The predicted molar refractivity (Wildman–Crippen MR) is 110 cm³/mol. The fourth-order valence-electron chi connectivity index (χ4n) is 1.78. The molecule has 0 aliphatic carbocycles. The third-order valence-electron chi connectivity index (χ3n) is 3.01. The summed E-state index contributed by atoms with van der Waals surface area (Å²) in [4.78, 5) is 10.9. The molecule has 0 fully saturated rings. The fraction of sp³-hybridized carbons (Fsp3) is 0.133. The van der Waals surface area contributed by atoms with Crippen LogP contribution in [0.3, 0.4) is 0 Å². The van der Waals surface area contributed by atoms with Crippen LogP contribution in [-0.2, 0) is 4.79 Å². The normalized spacial score (nSPS) is 12.8. The summed E-state index contributed by atoms with van der Waals surface area (Å²) >= 11 is 5.97. The minimum absolute atomic E-state index is 0. The minimum atomic E-state index is -1.04. The van der Waals surface area contributed by atoms with Crippen LogP contribution in [-0.4, -0.2) is 17.1 Å². The summed E-state index contributed by atoms with van der Waals surface area (Å²) in [6.45, 7) is 0. The van der Waals surface area contributed by atoms with Gasteiger partial charge in [-0.05, 0) is 75.0 Å². The molecule has 0 saturated carbocycles. The van der Waals surface area contributed by atoms with Crippen LogP contribution in [0.5, 0.6) is 17.2 Å². The Morgan fingerprint density at radius 3 is 2.08 bits per heavy atom. The Balaban J connectivity index is 0.00000288. The molecule has 0 heterocycles. The molecular weight excluding hydrogens is 662 g/mol. The van der Waals surface area contributed by atoms with E-state index in [0.717, 1.165) is 5.56 Å². The Morgan fingerprint density at radius 1 is 1.12 bits per heavy atom. The Labute approximate surface area is 202 Å². The van der Waals surface area contributed by atoms with Gasteiger partial charge in [-0.25, -0.2) is 0 Å². The zero-order valence-corrected chi connectivity index (χ0v) is 21.0. The number of rotatable bonds is 5. The van der Waals surface area contributed by atoms with Crippen molar-refractivity contribution in [2.45, 2.75) is 9.97 Å². The average Bonchev–Trinajstić information content (AvgIpc) is 2.51. The second-order valence-electron chi connectivity index (χ2n) is 4.65. The van der Waals surface area contributed by atoms with Crippen molar-refractivity contribution in [3.05, 3.63) is 49.1 Å².